The zero-order valence-corrected chi connectivity index (χ0v) is 19.5. The molecule has 0 radical (unpaired) electrons. The molecule has 2 heterocycles. The lowest BCUT2D eigenvalue weighted by Gasteiger charge is -2.39. The van der Waals surface area contributed by atoms with Crippen molar-refractivity contribution in [2.24, 2.45) is 10.9 Å². The summed E-state index contributed by atoms with van der Waals surface area (Å²) in [7, 11) is 1.65. The number of fused-ring (bicyclic) bond motifs is 1. The molecule has 7 heteroatoms. The molecule has 33 heavy (non-hydrogen) atoms. The van der Waals surface area contributed by atoms with Crippen LogP contribution >= 0.6 is 0 Å². The van der Waals surface area contributed by atoms with Gasteiger partial charge in [0.05, 0.1) is 19.3 Å². The average Bonchev–Trinajstić information content (AvgIpc) is 3.16. The van der Waals surface area contributed by atoms with Gasteiger partial charge in [0.2, 0.25) is 0 Å². The van der Waals surface area contributed by atoms with Crippen molar-refractivity contribution in [2.45, 2.75) is 38.7 Å². The van der Waals surface area contributed by atoms with Crippen molar-refractivity contribution in [3.8, 4) is 11.5 Å². The van der Waals surface area contributed by atoms with Crippen LogP contribution in [0.15, 0.2) is 47.5 Å². The summed E-state index contributed by atoms with van der Waals surface area (Å²) in [4.78, 5) is 30.2. The molecule has 0 N–H and O–H groups in total. The number of hydrogen-bond donors (Lipinski definition) is 0. The standard InChI is InChI=1S/C26H30N2O5/c1-26(2,3)33-25(30)28-12-11-22(17-5-8-20(31-4)9-6-17)19(15-28)16-32-21-10-7-18-14-27-24(29)23(18)13-21/h5-10,13-14,19,22H,11-12,15-16H2,1-4H3/t19-,22-/m0/s1. The van der Waals surface area contributed by atoms with E-state index >= 15 is 0 Å². The second kappa shape index (κ2) is 9.25. The minimum atomic E-state index is -0.547. The van der Waals surface area contributed by atoms with Gasteiger partial charge in [-0.25, -0.2) is 9.79 Å². The molecule has 0 unspecified atom stereocenters. The predicted molar refractivity (Wildman–Crippen MR) is 126 cm³/mol. The molecule has 4 rings (SSSR count). The largest absolute Gasteiger partial charge is 0.497 e. The Labute approximate surface area is 194 Å². The van der Waals surface area contributed by atoms with Gasteiger partial charge in [-0.1, -0.05) is 12.1 Å². The van der Waals surface area contributed by atoms with Crippen LogP contribution in [-0.2, 0) is 4.74 Å². The van der Waals surface area contributed by atoms with Crippen molar-refractivity contribution >= 4 is 18.2 Å². The molecule has 7 nitrogen and oxygen atoms in total. The number of aliphatic imine (C=N–C) groups is 1. The first-order valence-electron chi connectivity index (χ1n) is 11.2. The monoisotopic (exact) mass is 450 g/mol. The number of benzene rings is 2. The van der Waals surface area contributed by atoms with Crippen LogP contribution in [0.1, 0.15) is 54.6 Å². The van der Waals surface area contributed by atoms with Crippen LogP contribution in [0.3, 0.4) is 0 Å². The number of methoxy groups -OCH3 is 1. The third-order valence-corrected chi connectivity index (χ3v) is 5.97. The molecule has 174 valence electrons. The quantitative estimate of drug-likeness (QED) is 0.661. The third kappa shape index (κ3) is 5.35. The fourth-order valence-corrected chi connectivity index (χ4v) is 4.31. The fourth-order valence-electron chi connectivity index (χ4n) is 4.31. The Hall–Kier alpha value is -3.35. The first kappa shape index (κ1) is 22.8. The molecule has 2 amide bonds. The van der Waals surface area contributed by atoms with E-state index in [2.05, 4.69) is 17.1 Å². The molecule has 2 atom stereocenters. The van der Waals surface area contributed by atoms with Crippen molar-refractivity contribution in [1.29, 1.82) is 0 Å². The highest BCUT2D eigenvalue weighted by atomic mass is 16.6. The molecule has 0 saturated carbocycles. The van der Waals surface area contributed by atoms with Gasteiger partial charge in [0.15, 0.2) is 0 Å². The van der Waals surface area contributed by atoms with Crippen molar-refractivity contribution < 1.29 is 23.8 Å². The number of piperidine rings is 1. The molecule has 2 aliphatic rings. The zero-order valence-electron chi connectivity index (χ0n) is 19.5. The Morgan fingerprint density at radius 2 is 1.85 bits per heavy atom. The first-order chi connectivity index (χ1) is 15.7. The van der Waals surface area contributed by atoms with E-state index in [1.165, 1.54) is 5.56 Å². The van der Waals surface area contributed by atoms with E-state index in [0.29, 0.717) is 31.0 Å². The normalized spacial score (nSPS) is 19.9. The third-order valence-electron chi connectivity index (χ3n) is 5.97. The lowest BCUT2D eigenvalue weighted by atomic mass is 9.81. The van der Waals surface area contributed by atoms with Crippen LogP contribution < -0.4 is 9.47 Å². The second-order valence-corrected chi connectivity index (χ2v) is 9.48. The predicted octanol–water partition coefficient (Wildman–Crippen LogP) is 4.69. The summed E-state index contributed by atoms with van der Waals surface area (Å²) < 4.78 is 17.0. The van der Waals surface area contributed by atoms with Crippen LogP contribution in [0.5, 0.6) is 11.5 Å². The molecule has 2 aromatic carbocycles. The van der Waals surface area contributed by atoms with E-state index in [1.807, 2.05) is 45.0 Å². The minimum Gasteiger partial charge on any atom is -0.497 e. The Bertz CT molecular complexity index is 1060. The summed E-state index contributed by atoms with van der Waals surface area (Å²) in [5.74, 6) is 1.45. The van der Waals surface area contributed by atoms with Gasteiger partial charge in [-0.2, -0.15) is 0 Å². The molecular formula is C26H30N2O5. The van der Waals surface area contributed by atoms with Gasteiger partial charge in [0, 0.05) is 30.8 Å². The highest BCUT2D eigenvalue weighted by Crippen LogP contribution is 2.35. The Balaban J connectivity index is 1.51. The zero-order chi connectivity index (χ0) is 23.6. The van der Waals surface area contributed by atoms with Crippen molar-refractivity contribution in [3.63, 3.8) is 0 Å². The maximum Gasteiger partial charge on any atom is 0.410 e. The van der Waals surface area contributed by atoms with Gasteiger partial charge in [-0.05, 0) is 69.0 Å². The Morgan fingerprint density at radius 1 is 1.12 bits per heavy atom. The topological polar surface area (TPSA) is 77.4 Å². The van der Waals surface area contributed by atoms with Gasteiger partial charge in [0.25, 0.3) is 5.91 Å². The molecule has 0 aromatic heterocycles. The number of nitrogens with zero attached hydrogens (tertiary/aromatic N) is 2. The number of ether oxygens (including phenoxy) is 3. The summed E-state index contributed by atoms with van der Waals surface area (Å²) in [5.41, 5.74) is 2.00. The van der Waals surface area contributed by atoms with Crippen LogP contribution in [0.4, 0.5) is 4.79 Å². The number of hydrogen-bond acceptors (Lipinski definition) is 5. The van der Waals surface area contributed by atoms with E-state index in [4.69, 9.17) is 14.2 Å². The molecular weight excluding hydrogens is 420 g/mol. The van der Waals surface area contributed by atoms with Crippen molar-refractivity contribution in [2.75, 3.05) is 26.8 Å². The maximum atomic E-state index is 12.7. The fraction of sp³-hybridized carbons (Fsp3) is 0.423. The molecule has 1 fully saturated rings. The Kier molecular flexibility index (Phi) is 6.40. The summed E-state index contributed by atoms with van der Waals surface area (Å²) >= 11 is 0. The molecule has 2 aliphatic heterocycles. The van der Waals surface area contributed by atoms with E-state index in [1.54, 1.807) is 24.3 Å². The SMILES string of the molecule is COc1ccc([C@@H]2CCN(C(=O)OC(C)(C)C)C[C@H]2COc2ccc3c(c2)C(=O)N=C3)cc1. The molecule has 1 saturated heterocycles. The van der Waals surface area contributed by atoms with Gasteiger partial charge in [0.1, 0.15) is 17.1 Å². The van der Waals surface area contributed by atoms with Crippen LogP contribution in [0, 0.1) is 5.92 Å². The minimum absolute atomic E-state index is 0.0554. The average molecular weight is 451 g/mol. The molecule has 0 bridgehead atoms. The number of carbonyl (C=O) groups excluding carboxylic acids is 2. The van der Waals surface area contributed by atoms with E-state index in [0.717, 1.165) is 17.7 Å². The highest BCUT2D eigenvalue weighted by molar-refractivity contribution is 6.13. The van der Waals surface area contributed by atoms with Crippen LogP contribution in [0.25, 0.3) is 0 Å². The van der Waals surface area contributed by atoms with Crippen LogP contribution in [0.2, 0.25) is 0 Å². The number of likely N-dealkylation sites (tertiary alicyclic amines) is 1. The van der Waals surface area contributed by atoms with Gasteiger partial charge in [-0.15, -0.1) is 0 Å². The second-order valence-electron chi connectivity index (χ2n) is 9.48. The lowest BCUT2D eigenvalue weighted by Crippen LogP contribution is -2.46. The number of amides is 2. The smallest absolute Gasteiger partial charge is 0.410 e. The molecule has 0 spiro atoms. The van der Waals surface area contributed by atoms with Crippen LogP contribution in [-0.4, -0.2) is 55.5 Å². The summed E-state index contributed by atoms with van der Waals surface area (Å²) in [6, 6.07) is 13.5. The summed E-state index contributed by atoms with van der Waals surface area (Å²) in [6.45, 7) is 7.16. The number of carbonyl (C=O) groups is 2. The highest BCUT2D eigenvalue weighted by Gasteiger charge is 2.35. The first-order valence-corrected chi connectivity index (χ1v) is 11.2. The maximum absolute atomic E-state index is 12.7. The van der Waals surface area contributed by atoms with Gasteiger partial charge >= 0.3 is 6.09 Å². The van der Waals surface area contributed by atoms with E-state index < -0.39 is 5.60 Å². The summed E-state index contributed by atoms with van der Waals surface area (Å²) in [5, 5.41) is 0. The number of rotatable bonds is 5. The molecule has 2 aromatic rings. The van der Waals surface area contributed by atoms with E-state index in [9.17, 15) is 9.59 Å². The van der Waals surface area contributed by atoms with E-state index in [-0.39, 0.29) is 23.8 Å². The van der Waals surface area contributed by atoms with Crippen molar-refractivity contribution in [1.82, 2.24) is 4.90 Å². The lowest BCUT2D eigenvalue weighted by molar-refractivity contribution is 0.0111. The van der Waals surface area contributed by atoms with Gasteiger partial charge < -0.3 is 19.1 Å². The summed E-state index contributed by atoms with van der Waals surface area (Å²) in [6.07, 6.45) is 2.07. The Morgan fingerprint density at radius 3 is 2.55 bits per heavy atom. The van der Waals surface area contributed by atoms with Crippen molar-refractivity contribution in [3.05, 3.63) is 59.2 Å². The van der Waals surface area contributed by atoms with Gasteiger partial charge in [-0.3, -0.25) is 4.79 Å². The molecule has 0 aliphatic carbocycles.